The number of nitrogens with one attached hydrogen (secondary N) is 3. The molecule has 4 atom stereocenters. The molecule has 12 nitrogen and oxygen atoms in total. The van der Waals surface area contributed by atoms with Crippen molar-refractivity contribution in [2.45, 2.75) is 57.3 Å². The number of hydrogen-bond acceptors (Lipinski definition) is 8. The number of aliphatic hydroxyl groups is 1. The zero-order chi connectivity index (χ0) is 24.1. The molecule has 178 valence electrons. The van der Waals surface area contributed by atoms with Crippen molar-refractivity contribution in [2.75, 3.05) is 18.6 Å². The minimum atomic E-state index is -1.43. The molecule has 0 bridgehead atoms. The van der Waals surface area contributed by atoms with Crippen molar-refractivity contribution in [3.8, 4) is 0 Å². The van der Waals surface area contributed by atoms with Gasteiger partial charge in [0.2, 0.25) is 17.7 Å². The fourth-order valence-corrected chi connectivity index (χ4v) is 2.91. The first kappa shape index (κ1) is 28.6. The number of aliphatic carboxylic acids is 2. The number of carboxylic acids is 2. The Kier molecular flexibility index (Phi) is 13.5. The molecule has 4 unspecified atom stereocenters. The second-order valence-corrected chi connectivity index (χ2v) is 8.18. The van der Waals surface area contributed by atoms with Gasteiger partial charge in [0.25, 0.3) is 0 Å². The zero-order valence-electron chi connectivity index (χ0n) is 17.8. The van der Waals surface area contributed by atoms with Crippen LogP contribution in [0.5, 0.6) is 0 Å². The SMILES string of the molecule is CSCCC(NC(=O)C(N)CO)C(=O)NC(C(=O)NC(CCC(=O)O)C(=O)O)C(C)C. The predicted octanol–water partition coefficient (Wildman–Crippen LogP) is -1.88. The molecule has 0 aromatic carbocycles. The minimum absolute atomic E-state index is 0.236. The van der Waals surface area contributed by atoms with Crippen LogP contribution in [-0.4, -0.2) is 87.8 Å². The van der Waals surface area contributed by atoms with Crippen LogP contribution in [0.1, 0.15) is 33.1 Å². The summed E-state index contributed by atoms with van der Waals surface area (Å²) in [6, 6.07) is -4.79. The van der Waals surface area contributed by atoms with Gasteiger partial charge in [-0.05, 0) is 30.8 Å². The highest BCUT2D eigenvalue weighted by atomic mass is 32.2. The molecule has 0 aliphatic heterocycles. The van der Waals surface area contributed by atoms with Gasteiger partial charge in [-0.2, -0.15) is 11.8 Å². The Morgan fingerprint density at radius 1 is 0.903 bits per heavy atom. The van der Waals surface area contributed by atoms with E-state index in [1.807, 2.05) is 6.26 Å². The van der Waals surface area contributed by atoms with Crippen molar-refractivity contribution >= 4 is 41.4 Å². The van der Waals surface area contributed by atoms with Crippen LogP contribution in [0.4, 0.5) is 0 Å². The molecule has 0 aromatic rings. The van der Waals surface area contributed by atoms with Crippen molar-refractivity contribution in [2.24, 2.45) is 11.7 Å². The summed E-state index contributed by atoms with van der Waals surface area (Å²) in [6.07, 6.45) is 1.27. The third kappa shape index (κ3) is 11.0. The van der Waals surface area contributed by atoms with Crippen molar-refractivity contribution < 1.29 is 39.3 Å². The van der Waals surface area contributed by atoms with Gasteiger partial charge in [-0.1, -0.05) is 13.8 Å². The topological polar surface area (TPSA) is 208 Å². The first-order chi connectivity index (χ1) is 14.4. The average Bonchev–Trinajstić information content (AvgIpc) is 2.70. The Hall–Kier alpha value is -2.38. The summed E-state index contributed by atoms with van der Waals surface area (Å²) in [4.78, 5) is 59.3. The number of hydrogen-bond donors (Lipinski definition) is 7. The van der Waals surface area contributed by atoms with E-state index >= 15 is 0 Å². The zero-order valence-corrected chi connectivity index (χ0v) is 18.6. The van der Waals surface area contributed by atoms with Gasteiger partial charge >= 0.3 is 11.9 Å². The number of thioether (sulfide) groups is 1. The first-order valence-corrected chi connectivity index (χ1v) is 11.0. The van der Waals surface area contributed by atoms with E-state index in [-0.39, 0.29) is 12.8 Å². The molecule has 13 heteroatoms. The highest BCUT2D eigenvalue weighted by Gasteiger charge is 2.31. The van der Waals surface area contributed by atoms with Crippen LogP contribution in [0, 0.1) is 5.92 Å². The molecule has 0 aliphatic carbocycles. The minimum Gasteiger partial charge on any atom is -0.481 e. The number of aliphatic hydroxyl groups excluding tert-OH is 1. The Labute approximate surface area is 184 Å². The molecule has 0 aliphatic rings. The van der Waals surface area contributed by atoms with E-state index in [1.165, 1.54) is 11.8 Å². The predicted molar refractivity (Wildman–Crippen MR) is 113 cm³/mol. The van der Waals surface area contributed by atoms with Gasteiger partial charge in [0.05, 0.1) is 6.61 Å². The van der Waals surface area contributed by atoms with Gasteiger partial charge in [0, 0.05) is 6.42 Å². The van der Waals surface area contributed by atoms with E-state index < -0.39 is 72.8 Å². The van der Waals surface area contributed by atoms with E-state index in [9.17, 15) is 29.1 Å². The van der Waals surface area contributed by atoms with Crippen LogP contribution in [0.25, 0.3) is 0 Å². The lowest BCUT2D eigenvalue weighted by Crippen LogP contribution is -2.58. The molecular weight excluding hydrogens is 432 g/mol. The molecule has 0 rings (SSSR count). The van der Waals surface area contributed by atoms with Crippen LogP contribution < -0.4 is 21.7 Å². The lowest BCUT2D eigenvalue weighted by molar-refractivity contribution is -0.143. The molecule has 0 heterocycles. The second kappa shape index (κ2) is 14.6. The summed E-state index contributed by atoms with van der Waals surface area (Å²) >= 11 is 1.44. The summed E-state index contributed by atoms with van der Waals surface area (Å²) < 4.78 is 0. The van der Waals surface area contributed by atoms with Crippen molar-refractivity contribution in [3.05, 3.63) is 0 Å². The smallest absolute Gasteiger partial charge is 0.326 e. The number of nitrogens with two attached hydrogens (primary N) is 1. The largest absolute Gasteiger partial charge is 0.481 e. The molecule has 8 N–H and O–H groups in total. The monoisotopic (exact) mass is 464 g/mol. The van der Waals surface area contributed by atoms with Gasteiger partial charge in [0.1, 0.15) is 24.2 Å². The molecule has 0 saturated carbocycles. The van der Waals surface area contributed by atoms with Crippen LogP contribution in [0.15, 0.2) is 0 Å². The third-order valence-corrected chi connectivity index (χ3v) is 4.93. The molecule has 0 saturated heterocycles. The highest BCUT2D eigenvalue weighted by molar-refractivity contribution is 7.98. The Balaban J connectivity index is 5.32. The van der Waals surface area contributed by atoms with Crippen LogP contribution >= 0.6 is 11.8 Å². The Bertz CT molecular complexity index is 646. The lowest BCUT2D eigenvalue weighted by atomic mass is 10.0. The summed E-state index contributed by atoms with van der Waals surface area (Å²) in [6.45, 7) is 2.66. The van der Waals surface area contributed by atoms with Crippen molar-refractivity contribution in [1.29, 1.82) is 0 Å². The maximum Gasteiger partial charge on any atom is 0.326 e. The van der Waals surface area contributed by atoms with Gasteiger partial charge in [-0.25, -0.2) is 4.79 Å². The van der Waals surface area contributed by atoms with Gasteiger partial charge in [-0.15, -0.1) is 0 Å². The van der Waals surface area contributed by atoms with E-state index in [4.69, 9.17) is 15.9 Å². The molecule has 3 amide bonds. The number of carbonyl (C=O) groups is 5. The van der Waals surface area contributed by atoms with E-state index in [2.05, 4.69) is 16.0 Å². The number of amides is 3. The van der Waals surface area contributed by atoms with Crippen LogP contribution in [0.3, 0.4) is 0 Å². The Morgan fingerprint density at radius 3 is 1.94 bits per heavy atom. The molecule has 0 radical (unpaired) electrons. The quantitative estimate of drug-likeness (QED) is 0.143. The summed E-state index contributed by atoms with van der Waals surface area (Å²) in [5.41, 5.74) is 5.46. The number of carboxylic acid groups (broad SMARTS) is 2. The van der Waals surface area contributed by atoms with Crippen LogP contribution in [-0.2, 0) is 24.0 Å². The highest BCUT2D eigenvalue weighted by Crippen LogP contribution is 2.08. The van der Waals surface area contributed by atoms with Crippen LogP contribution in [0.2, 0.25) is 0 Å². The first-order valence-electron chi connectivity index (χ1n) is 9.65. The molecule has 0 fully saturated rings. The third-order valence-electron chi connectivity index (χ3n) is 4.29. The van der Waals surface area contributed by atoms with Crippen molar-refractivity contribution in [3.63, 3.8) is 0 Å². The van der Waals surface area contributed by atoms with E-state index in [1.54, 1.807) is 13.8 Å². The lowest BCUT2D eigenvalue weighted by Gasteiger charge is -2.27. The average molecular weight is 465 g/mol. The summed E-state index contributed by atoms with van der Waals surface area (Å²) in [5.74, 6) is -4.71. The maximum absolute atomic E-state index is 12.7. The van der Waals surface area contributed by atoms with Gasteiger partial charge < -0.3 is 37.0 Å². The second-order valence-electron chi connectivity index (χ2n) is 7.19. The van der Waals surface area contributed by atoms with Crippen molar-refractivity contribution in [1.82, 2.24) is 16.0 Å². The van der Waals surface area contributed by atoms with E-state index in [0.29, 0.717) is 5.75 Å². The normalized spacial score (nSPS) is 14.8. The summed E-state index contributed by atoms with van der Waals surface area (Å²) in [7, 11) is 0. The molecule has 31 heavy (non-hydrogen) atoms. The van der Waals surface area contributed by atoms with Gasteiger partial charge in [0.15, 0.2) is 0 Å². The Morgan fingerprint density at radius 2 is 1.48 bits per heavy atom. The number of carbonyl (C=O) groups excluding carboxylic acids is 3. The fourth-order valence-electron chi connectivity index (χ4n) is 2.44. The fraction of sp³-hybridized carbons (Fsp3) is 0.722. The summed E-state index contributed by atoms with van der Waals surface area (Å²) in [5, 5.41) is 34.1. The number of rotatable bonds is 15. The maximum atomic E-state index is 12.7. The van der Waals surface area contributed by atoms with Gasteiger partial charge in [-0.3, -0.25) is 19.2 Å². The molecular formula is C18H32N4O8S. The molecule has 0 spiro atoms. The standard InChI is InChI=1S/C18H32N4O8S/c1-9(2)14(17(28)21-12(18(29)30)4-5-13(24)25)22-16(27)11(6-7-31-3)20-15(26)10(19)8-23/h9-12,14,23H,4-8,19H2,1-3H3,(H,20,26)(H,21,28)(H,22,27)(H,24,25)(H,29,30). The van der Waals surface area contributed by atoms with E-state index in [0.717, 1.165) is 0 Å². The molecule has 0 aromatic heterocycles.